The van der Waals surface area contributed by atoms with Crippen LogP contribution in [-0.2, 0) is 17.7 Å². The Morgan fingerprint density at radius 3 is 2.50 bits per heavy atom. The Bertz CT molecular complexity index is 830. The molecule has 0 aliphatic heterocycles. The number of hydrogen-bond donors (Lipinski definition) is 0. The fourth-order valence-corrected chi connectivity index (χ4v) is 3.57. The van der Waals surface area contributed by atoms with Gasteiger partial charge in [0.1, 0.15) is 5.75 Å². The van der Waals surface area contributed by atoms with Crippen LogP contribution in [0.25, 0.3) is 0 Å². The number of hydrogen-bond acceptors (Lipinski definition) is 4. The number of aromatic nitrogens is 1. The van der Waals surface area contributed by atoms with Crippen LogP contribution >= 0.6 is 0 Å². The van der Waals surface area contributed by atoms with Gasteiger partial charge in [0.05, 0.1) is 24.8 Å². The van der Waals surface area contributed by atoms with E-state index in [1.165, 1.54) is 0 Å². The van der Waals surface area contributed by atoms with Gasteiger partial charge in [0.25, 0.3) is 0 Å². The smallest absolute Gasteiger partial charge is 0.340 e. The third-order valence-corrected chi connectivity index (χ3v) is 4.76. The van der Waals surface area contributed by atoms with Crippen molar-refractivity contribution in [3.8, 4) is 5.75 Å². The first-order valence-corrected chi connectivity index (χ1v) is 8.90. The van der Waals surface area contributed by atoms with E-state index >= 15 is 0 Å². The van der Waals surface area contributed by atoms with Crippen molar-refractivity contribution in [2.24, 2.45) is 5.41 Å². The number of methoxy groups -OCH3 is 1. The van der Waals surface area contributed by atoms with Gasteiger partial charge < -0.3 is 14.0 Å². The van der Waals surface area contributed by atoms with Crippen LogP contribution in [0.4, 0.5) is 0 Å². The van der Waals surface area contributed by atoms with Crippen LogP contribution in [0, 0.1) is 5.41 Å². The van der Waals surface area contributed by atoms with Gasteiger partial charge in [-0.3, -0.25) is 4.79 Å². The largest absolute Gasteiger partial charge is 0.497 e. The van der Waals surface area contributed by atoms with Gasteiger partial charge in [-0.05, 0) is 36.5 Å². The van der Waals surface area contributed by atoms with E-state index in [2.05, 4.69) is 13.8 Å². The summed E-state index contributed by atoms with van der Waals surface area (Å²) < 4.78 is 12.4. The normalized spacial score (nSPS) is 15.5. The summed E-state index contributed by atoms with van der Waals surface area (Å²) in [5.41, 5.74) is 2.80. The van der Waals surface area contributed by atoms with Gasteiger partial charge in [-0.2, -0.15) is 0 Å². The number of benzene rings is 1. The molecule has 2 aromatic rings. The monoisotopic (exact) mass is 355 g/mol. The maximum atomic E-state index is 12.7. The molecule has 3 rings (SSSR count). The van der Waals surface area contributed by atoms with Crippen molar-refractivity contribution in [3.05, 3.63) is 52.8 Å². The molecule has 5 heteroatoms. The number of carbonyl (C=O) groups is 2. The molecule has 0 atom stereocenters. The SMILES string of the molecule is CCOC(=O)c1cn(Cc2ccc(OC)cc2)c2c1C(=O)CC(C)(C)C2. The maximum Gasteiger partial charge on any atom is 0.340 e. The average molecular weight is 355 g/mol. The molecule has 5 nitrogen and oxygen atoms in total. The summed E-state index contributed by atoms with van der Waals surface area (Å²) in [6, 6.07) is 7.80. The Morgan fingerprint density at radius 2 is 1.88 bits per heavy atom. The van der Waals surface area contributed by atoms with Gasteiger partial charge in [-0.15, -0.1) is 0 Å². The molecular weight excluding hydrogens is 330 g/mol. The van der Waals surface area contributed by atoms with Crippen molar-refractivity contribution in [1.29, 1.82) is 0 Å². The number of rotatable bonds is 5. The summed E-state index contributed by atoms with van der Waals surface area (Å²) in [6.07, 6.45) is 2.97. The minimum absolute atomic E-state index is 0.0211. The van der Waals surface area contributed by atoms with E-state index in [4.69, 9.17) is 9.47 Å². The standard InChI is InChI=1S/C21H25NO4/c1-5-26-20(24)16-13-22(12-14-6-8-15(25-4)9-7-14)17-10-21(2,3)11-18(23)19(16)17/h6-9,13H,5,10-12H2,1-4H3. The number of carbonyl (C=O) groups excluding carboxylic acids is 2. The lowest BCUT2D eigenvalue weighted by molar-refractivity contribution is 0.0522. The molecule has 0 N–H and O–H groups in total. The highest BCUT2D eigenvalue weighted by Crippen LogP contribution is 2.37. The van der Waals surface area contributed by atoms with E-state index in [0.717, 1.165) is 23.4 Å². The van der Waals surface area contributed by atoms with Crippen molar-refractivity contribution >= 4 is 11.8 Å². The van der Waals surface area contributed by atoms with Gasteiger partial charge in [0.2, 0.25) is 0 Å². The molecule has 0 radical (unpaired) electrons. The van der Waals surface area contributed by atoms with Crippen molar-refractivity contribution in [1.82, 2.24) is 4.57 Å². The zero-order valence-electron chi connectivity index (χ0n) is 15.8. The number of ether oxygens (including phenoxy) is 2. The number of esters is 1. The third-order valence-electron chi connectivity index (χ3n) is 4.76. The summed E-state index contributed by atoms with van der Waals surface area (Å²) in [4.78, 5) is 25.1. The molecule has 1 aliphatic carbocycles. The quantitative estimate of drug-likeness (QED) is 0.764. The zero-order valence-corrected chi connectivity index (χ0v) is 15.8. The molecule has 26 heavy (non-hydrogen) atoms. The Balaban J connectivity index is 2.02. The molecule has 0 fully saturated rings. The molecule has 1 aromatic carbocycles. The molecule has 0 bridgehead atoms. The number of fused-ring (bicyclic) bond motifs is 1. The van der Waals surface area contributed by atoms with Crippen molar-refractivity contribution in [2.75, 3.05) is 13.7 Å². The fourth-order valence-electron chi connectivity index (χ4n) is 3.57. The van der Waals surface area contributed by atoms with Crippen LogP contribution in [0.3, 0.4) is 0 Å². The van der Waals surface area contributed by atoms with Gasteiger partial charge in [-0.25, -0.2) is 4.79 Å². The molecule has 1 aromatic heterocycles. The molecule has 0 saturated heterocycles. The third kappa shape index (κ3) is 3.52. The highest BCUT2D eigenvalue weighted by molar-refractivity contribution is 6.08. The van der Waals surface area contributed by atoms with E-state index < -0.39 is 5.97 Å². The second-order valence-electron chi connectivity index (χ2n) is 7.50. The van der Waals surface area contributed by atoms with E-state index in [9.17, 15) is 9.59 Å². The Hall–Kier alpha value is -2.56. The minimum atomic E-state index is -0.426. The van der Waals surface area contributed by atoms with Crippen molar-refractivity contribution in [2.45, 2.75) is 40.2 Å². The van der Waals surface area contributed by atoms with Gasteiger partial charge in [0, 0.05) is 24.9 Å². The number of Topliss-reactive ketones (excluding diaryl/α,β-unsaturated/α-hetero) is 1. The number of ketones is 1. The number of nitrogens with zero attached hydrogens (tertiary/aromatic N) is 1. The average Bonchev–Trinajstić information content (AvgIpc) is 2.93. The molecule has 1 aliphatic rings. The molecule has 1 heterocycles. The van der Waals surface area contributed by atoms with Crippen molar-refractivity contribution < 1.29 is 19.1 Å². The lowest BCUT2D eigenvalue weighted by atomic mass is 9.75. The fraction of sp³-hybridized carbons (Fsp3) is 0.429. The van der Waals surface area contributed by atoms with Gasteiger partial charge in [0.15, 0.2) is 5.78 Å². The van der Waals surface area contributed by atoms with Crippen LogP contribution in [0.15, 0.2) is 30.5 Å². The maximum absolute atomic E-state index is 12.7. The van der Waals surface area contributed by atoms with E-state index in [1.54, 1.807) is 20.2 Å². The van der Waals surface area contributed by atoms with E-state index in [1.807, 2.05) is 28.8 Å². The zero-order chi connectivity index (χ0) is 18.9. The Kier molecular flexibility index (Phi) is 4.90. The first kappa shape index (κ1) is 18.2. The van der Waals surface area contributed by atoms with Gasteiger partial charge in [-0.1, -0.05) is 26.0 Å². The van der Waals surface area contributed by atoms with Crippen molar-refractivity contribution in [3.63, 3.8) is 0 Å². The molecule has 138 valence electrons. The molecule has 0 unspecified atom stereocenters. The van der Waals surface area contributed by atoms with E-state index in [0.29, 0.717) is 24.1 Å². The molecule has 0 saturated carbocycles. The topological polar surface area (TPSA) is 57.5 Å². The first-order valence-electron chi connectivity index (χ1n) is 8.90. The Morgan fingerprint density at radius 1 is 1.19 bits per heavy atom. The van der Waals surface area contributed by atoms with Crippen LogP contribution in [0.2, 0.25) is 0 Å². The van der Waals surface area contributed by atoms with E-state index in [-0.39, 0.29) is 17.8 Å². The molecule has 0 amide bonds. The second kappa shape index (κ2) is 6.98. The summed E-state index contributed by atoms with van der Waals surface area (Å²) >= 11 is 0. The predicted molar refractivity (Wildman–Crippen MR) is 98.9 cm³/mol. The minimum Gasteiger partial charge on any atom is -0.497 e. The second-order valence-corrected chi connectivity index (χ2v) is 7.50. The first-order chi connectivity index (χ1) is 12.3. The molecule has 0 spiro atoms. The summed E-state index contributed by atoms with van der Waals surface area (Å²) in [6.45, 7) is 6.82. The molecular formula is C21H25NO4. The van der Waals surface area contributed by atoms with Crippen LogP contribution < -0.4 is 4.74 Å². The lowest BCUT2D eigenvalue weighted by Crippen LogP contribution is -2.29. The highest BCUT2D eigenvalue weighted by Gasteiger charge is 2.37. The summed E-state index contributed by atoms with van der Waals surface area (Å²) in [7, 11) is 1.64. The van der Waals surface area contributed by atoms with Crippen LogP contribution in [0.1, 0.15) is 59.2 Å². The summed E-state index contributed by atoms with van der Waals surface area (Å²) in [5, 5.41) is 0. The van der Waals surface area contributed by atoms with Gasteiger partial charge >= 0.3 is 5.97 Å². The Labute approximate surface area is 153 Å². The predicted octanol–water partition coefficient (Wildman–Crippen LogP) is 3.88. The summed E-state index contributed by atoms with van der Waals surface area (Å²) in [5.74, 6) is 0.393. The van der Waals surface area contributed by atoms with Crippen LogP contribution in [0.5, 0.6) is 5.75 Å². The van der Waals surface area contributed by atoms with Crippen LogP contribution in [-0.4, -0.2) is 30.0 Å². The highest BCUT2D eigenvalue weighted by atomic mass is 16.5. The lowest BCUT2D eigenvalue weighted by Gasteiger charge is -2.30.